The summed E-state index contributed by atoms with van der Waals surface area (Å²) in [4.78, 5) is 14.5. The quantitative estimate of drug-likeness (QED) is 0.853. The number of carbonyl (C=O) groups is 1. The van der Waals surface area contributed by atoms with Gasteiger partial charge in [0.2, 0.25) is 5.91 Å². The van der Waals surface area contributed by atoms with Gasteiger partial charge in [-0.15, -0.1) is 0 Å². The van der Waals surface area contributed by atoms with Gasteiger partial charge in [-0.25, -0.2) is 4.39 Å². The van der Waals surface area contributed by atoms with Crippen LogP contribution in [0.5, 0.6) is 0 Å². The van der Waals surface area contributed by atoms with E-state index in [1.54, 1.807) is 18.2 Å². The normalized spacial score (nSPS) is 18.0. The Kier molecular flexibility index (Phi) is 5.25. The Morgan fingerprint density at radius 3 is 3.08 bits per heavy atom. The van der Waals surface area contributed by atoms with E-state index in [4.69, 9.17) is 0 Å². The van der Waals surface area contributed by atoms with E-state index >= 15 is 0 Å². The molecule has 1 aliphatic heterocycles. The molecule has 1 aromatic carbocycles. The monoisotopic (exact) mass is 330 g/mol. The van der Waals surface area contributed by atoms with Gasteiger partial charge in [-0.05, 0) is 51.4 Å². The van der Waals surface area contributed by atoms with Crippen LogP contribution >= 0.6 is 0 Å². The first-order valence-corrected chi connectivity index (χ1v) is 8.47. The summed E-state index contributed by atoms with van der Waals surface area (Å²) < 4.78 is 13.3. The van der Waals surface area contributed by atoms with Crippen molar-refractivity contribution in [2.75, 3.05) is 18.4 Å². The van der Waals surface area contributed by atoms with Crippen molar-refractivity contribution in [3.05, 3.63) is 36.1 Å². The number of halogens is 1. The first-order chi connectivity index (χ1) is 11.6. The molecule has 0 spiro atoms. The van der Waals surface area contributed by atoms with Crippen molar-refractivity contribution < 1.29 is 9.18 Å². The molecule has 6 heteroatoms. The highest BCUT2D eigenvalue weighted by molar-refractivity contribution is 5.90. The third-order valence-corrected chi connectivity index (χ3v) is 4.51. The number of rotatable bonds is 6. The maximum absolute atomic E-state index is 13.3. The highest BCUT2D eigenvalue weighted by Crippen LogP contribution is 2.21. The minimum absolute atomic E-state index is 0.0312. The Morgan fingerprint density at radius 1 is 1.46 bits per heavy atom. The van der Waals surface area contributed by atoms with Gasteiger partial charge in [0.05, 0.1) is 5.69 Å². The van der Waals surface area contributed by atoms with Crippen molar-refractivity contribution in [1.29, 1.82) is 0 Å². The molecule has 1 fully saturated rings. The fourth-order valence-corrected chi connectivity index (χ4v) is 3.16. The summed E-state index contributed by atoms with van der Waals surface area (Å²) in [6, 6.07) is 8.57. The van der Waals surface area contributed by atoms with Crippen LogP contribution in [0, 0.1) is 5.82 Å². The number of hydrogen-bond donors (Lipinski definition) is 2. The van der Waals surface area contributed by atoms with E-state index in [0.717, 1.165) is 19.5 Å². The molecule has 128 valence electrons. The molecule has 5 nitrogen and oxygen atoms in total. The zero-order chi connectivity index (χ0) is 16.9. The molecule has 1 amide bonds. The van der Waals surface area contributed by atoms with Crippen molar-refractivity contribution in [3.63, 3.8) is 0 Å². The molecule has 1 aromatic heterocycles. The molecule has 1 aliphatic rings. The second-order valence-corrected chi connectivity index (χ2v) is 6.36. The third kappa shape index (κ3) is 4.20. The molecule has 2 heterocycles. The van der Waals surface area contributed by atoms with Gasteiger partial charge in [0.1, 0.15) is 11.6 Å². The molecule has 2 N–H and O–H groups in total. The number of nitrogens with zero attached hydrogens (tertiary/aromatic N) is 2. The second-order valence-electron chi connectivity index (χ2n) is 6.36. The number of benzene rings is 1. The lowest BCUT2D eigenvalue weighted by Gasteiger charge is -2.20. The standard InChI is InChI=1S/C18H23FN4O/c1-13-5-3-9-23(13)10-4-8-18(24)20-17-12-16(21-22-17)14-6-2-7-15(19)11-14/h2,6-7,11-13H,3-5,8-10H2,1H3,(H2,20,21,22,24)/t13-/m1/s1. The Balaban J connectivity index is 1.48. The fourth-order valence-electron chi connectivity index (χ4n) is 3.16. The highest BCUT2D eigenvalue weighted by Gasteiger charge is 2.19. The molecule has 1 saturated heterocycles. The van der Waals surface area contributed by atoms with E-state index in [-0.39, 0.29) is 11.7 Å². The Bertz CT molecular complexity index is 700. The number of likely N-dealkylation sites (tertiary alicyclic amines) is 1. The van der Waals surface area contributed by atoms with Crippen molar-refractivity contribution in [3.8, 4) is 11.3 Å². The summed E-state index contributed by atoms with van der Waals surface area (Å²) in [5, 5.41) is 9.71. The zero-order valence-corrected chi connectivity index (χ0v) is 13.9. The van der Waals surface area contributed by atoms with Crippen LogP contribution in [0.2, 0.25) is 0 Å². The van der Waals surface area contributed by atoms with Gasteiger partial charge < -0.3 is 10.2 Å². The number of hydrogen-bond acceptors (Lipinski definition) is 3. The van der Waals surface area contributed by atoms with E-state index in [2.05, 4.69) is 27.3 Å². The van der Waals surface area contributed by atoms with Crippen LogP contribution in [0.3, 0.4) is 0 Å². The van der Waals surface area contributed by atoms with E-state index in [1.165, 1.54) is 25.0 Å². The summed E-state index contributed by atoms with van der Waals surface area (Å²) in [7, 11) is 0. The van der Waals surface area contributed by atoms with Crippen molar-refractivity contribution in [2.45, 2.75) is 38.6 Å². The van der Waals surface area contributed by atoms with Crippen LogP contribution in [0.15, 0.2) is 30.3 Å². The number of nitrogens with one attached hydrogen (secondary N) is 2. The summed E-state index contributed by atoms with van der Waals surface area (Å²) >= 11 is 0. The van der Waals surface area contributed by atoms with Crippen molar-refractivity contribution in [2.24, 2.45) is 0 Å². The molecule has 0 radical (unpaired) electrons. The van der Waals surface area contributed by atoms with Gasteiger partial charge >= 0.3 is 0 Å². The Labute approximate surface area is 141 Å². The average Bonchev–Trinajstić information content (AvgIpc) is 3.17. The topological polar surface area (TPSA) is 61.0 Å². The Morgan fingerprint density at radius 2 is 2.33 bits per heavy atom. The summed E-state index contributed by atoms with van der Waals surface area (Å²) in [6.45, 7) is 4.35. The molecule has 0 saturated carbocycles. The lowest BCUT2D eigenvalue weighted by molar-refractivity contribution is -0.116. The number of H-pyrrole nitrogens is 1. The van der Waals surface area contributed by atoms with E-state index in [1.807, 2.05) is 0 Å². The van der Waals surface area contributed by atoms with Crippen LogP contribution in [0.1, 0.15) is 32.6 Å². The highest BCUT2D eigenvalue weighted by atomic mass is 19.1. The van der Waals surface area contributed by atoms with Crippen LogP contribution in [-0.4, -0.2) is 40.1 Å². The smallest absolute Gasteiger partial charge is 0.225 e. The maximum Gasteiger partial charge on any atom is 0.225 e. The van der Waals surface area contributed by atoms with Crippen LogP contribution in [0.4, 0.5) is 10.2 Å². The molecule has 0 bridgehead atoms. The van der Waals surface area contributed by atoms with Gasteiger partial charge in [0.25, 0.3) is 0 Å². The van der Waals surface area contributed by atoms with Crippen LogP contribution in [-0.2, 0) is 4.79 Å². The number of aromatic nitrogens is 2. The molecular formula is C18H23FN4O. The van der Waals surface area contributed by atoms with Gasteiger partial charge in [0.15, 0.2) is 0 Å². The average molecular weight is 330 g/mol. The van der Waals surface area contributed by atoms with Gasteiger partial charge in [-0.2, -0.15) is 5.10 Å². The van der Waals surface area contributed by atoms with Crippen molar-refractivity contribution >= 4 is 11.7 Å². The number of anilines is 1. The predicted octanol–water partition coefficient (Wildman–Crippen LogP) is 3.42. The summed E-state index contributed by atoms with van der Waals surface area (Å²) in [5.41, 5.74) is 1.28. The lowest BCUT2D eigenvalue weighted by Crippen LogP contribution is -2.28. The lowest BCUT2D eigenvalue weighted by atomic mass is 10.1. The molecule has 0 unspecified atom stereocenters. The SMILES string of the molecule is C[C@@H]1CCCN1CCCC(=O)Nc1cc(-c2cccc(F)c2)n[nH]1. The first kappa shape index (κ1) is 16.6. The number of aromatic amines is 1. The van der Waals surface area contributed by atoms with E-state index in [0.29, 0.717) is 29.5 Å². The van der Waals surface area contributed by atoms with Gasteiger partial charge in [-0.1, -0.05) is 12.1 Å². The van der Waals surface area contributed by atoms with E-state index in [9.17, 15) is 9.18 Å². The molecule has 24 heavy (non-hydrogen) atoms. The third-order valence-electron chi connectivity index (χ3n) is 4.51. The molecular weight excluding hydrogens is 307 g/mol. The van der Waals surface area contributed by atoms with Crippen LogP contribution < -0.4 is 5.32 Å². The van der Waals surface area contributed by atoms with Gasteiger partial charge in [0, 0.05) is 24.1 Å². The van der Waals surface area contributed by atoms with Crippen LogP contribution in [0.25, 0.3) is 11.3 Å². The summed E-state index contributed by atoms with van der Waals surface area (Å²) in [5.74, 6) is 0.197. The van der Waals surface area contributed by atoms with E-state index < -0.39 is 0 Å². The predicted molar refractivity (Wildman–Crippen MR) is 92.1 cm³/mol. The van der Waals surface area contributed by atoms with Crippen molar-refractivity contribution in [1.82, 2.24) is 15.1 Å². The first-order valence-electron chi connectivity index (χ1n) is 8.47. The Hall–Kier alpha value is -2.21. The zero-order valence-electron chi connectivity index (χ0n) is 13.9. The number of amides is 1. The molecule has 2 aromatic rings. The fraction of sp³-hybridized carbons (Fsp3) is 0.444. The second kappa shape index (κ2) is 7.57. The minimum atomic E-state index is -0.308. The number of carbonyl (C=O) groups excluding carboxylic acids is 1. The maximum atomic E-state index is 13.3. The molecule has 3 rings (SSSR count). The molecule has 0 aliphatic carbocycles. The summed E-state index contributed by atoms with van der Waals surface area (Å²) in [6.07, 6.45) is 3.84. The molecule has 1 atom stereocenters. The largest absolute Gasteiger partial charge is 0.311 e. The minimum Gasteiger partial charge on any atom is -0.311 e. The van der Waals surface area contributed by atoms with Gasteiger partial charge in [-0.3, -0.25) is 9.89 Å².